The second-order valence-electron chi connectivity index (χ2n) is 8.37. The molecule has 0 bridgehead atoms. The number of thiocarbonyl (C=S) groups is 1. The molecule has 0 spiro atoms. The molecule has 0 saturated carbocycles. The van der Waals surface area contributed by atoms with E-state index in [9.17, 15) is 0 Å². The van der Waals surface area contributed by atoms with Crippen LogP contribution < -0.4 is 0 Å². The molecule has 190 valence electrons. The summed E-state index contributed by atoms with van der Waals surface area (Å²) in [6.07, 6.45) is -1.02. The molecule has 0 radical (unpaired) electrons. The molecule has 7 heteroatoms. The van der Waals surface area contributed by atoms with Crippen molar-refractivity contribution in [1.29, 1.82) is 0 Å². The number of rotatable bonds is 12. The van der Waals surface area contributed by atoms with Crippen LogP contribution in [0.5, 0.6) is 0 Å². The number of benzene rings is 3. The van der Waals surface area contributed by atoms with Crippen molar-refractivity contribution < 1.29 is 23.7 Å². The molecule has 5 nitrogen and oxygen atoms in total. The molecule has 1 heterocycles. The van der Waals surface area contributed by atoms with Gasteiger partial charge in [-0.15, -0.1) is 0 Å². The van der Waals surface area contributed by atoms with Gasteiger partial charge in [-0.2, -0.15) is 0 Å². The van der Waals surface area contributed by atoms with E-state index >= 15 is 0 Å². The molecule has 3 aromatic rings. The third-order valence-corrected chi connectivity index (χ3v) is 7.03. The van der Waals surface area contributed by atoms with E-state index < -0.39 is 0 Å². The van der Waals surface area contributed by atoms with Crippen molar-refractivity contribution in [1.82, 2.24) is 0 Å². The highest BCUT2D eigenvalue weighted by Crippen LogP contribution is 2.35. The van der Waals surface area contributed by atoms with Gasteiger partial charge < -0.3 is 23.7 Å². The minimum atomic E-state index is -0.376. The number of hydrogen-bond donors (Lipinski definition) is 0. The minimum Gasteiger partial charge on any atom is -0.479 e. The third kappa shape index (κ3) is 8.13. The van der Waals surface area contributed by atoms with Crippen LogP contribution in [0.3, 0.4) is 0 Å². The van der Waals surface area contributed by atoms with Gasteiger partial charge in [0, 0.05) is 0 Å². The largest absolute Gasteiger partial charge is 0.479 e. The monoisotopic (exact) mass is 524 g/mol. The van der Waals surface area contributed by atoms with Gasteiger partial charge in [-0.1, -0.05) is 91.0 Å². The van der Waals surface area contributed by atoms with Crippen LogP contribution in [-0.4, -0.2) is 41.3 Å². The molecule has 1 aliphatic rings. The number of ether oxygens (including phenoxy) is 5. The first-order valence-corrected chi connectivity index (χ1v) is 13.4. The Labute approximate surface area is 223 Å². The maximum Gasteiger partial charge on any atom is 0.222 e. The lowest BCUT2D eigenvalue weighted by Crippen LogP contribution is -2.38. The van der Waals surface area contributed by atoms with Gasteiger partial charge in [0.15, 0.2) is 0 Å². The second kappa shape index (κ2) is 14.5. The van der Waals surface area contributed by atoms with Gasteiger partial charge in [0.2, 0.25) is 4.38 Å². The summed E-state index contributed by atoms with van der Waals surface area (Å²) in [5, 5.41) is 0. The zero-order valence-electron chi connectivity index (χ0n) is 20.4. The summed E-state index contributed by atoms with van der Waals surface area (Å²) < 4.78 is 31.4. The molecule has 0 amide bonds. The topological polar surface area (TPSA) is 46.2 Å². The first-order valence-electron chi connectivity index (χ1n) is 12.1. The fourth-order valence-electron chi connectivity index (χ4n) is 3.95. The van der Waals surface area contributed by atoms with Crippen molar-refractivity contribution in [2.24, 2.45) is 0 Å². The summed E-state index contributed by atoms with van der Waals surface area (Å²) in [5.74, 6) is 0. The van der Waals surface area contributed by atoms with Gasteiger partial charge in [0.25, 0.3) is 0 Å². The van der Waals surface area contributed by atoms with Crippen LogP contribution in [0.2, 0.25) is 0 Å². The van der Waals surface area contributed by atoms with E-state index in [1.165, 1.54) is 11.8 Å². The number of thioether (sulfide) groups is 1. The van der Waals surface area contributed by atoms with Crippen LogP contribution in [0.4, 0.5) is 0 Å². The Balaban J connectivity index is 1.49. The Morgan fingerprint density at radius 1 is 0.750 bits per heavy atom. The second-order valence-corrected chi connectivity index (χ2v) is 10.1. The van der Waals surface area contributed by atoms with E-state index in [1.807, 2.05) is 97.9 Å². The highest BCUT2D eigenvalue weighted by atomic mass is 32.2. The van der Waals surface area contributed by atoms with E-state index in [0.717, 1.165) is 16.7 Å². The minimum absolute atomic E-state index is 0.319. The van der Waals surface area contributed by atoms with Crippen molar-refractivity contribution >= 4 is 28.4 Å². The lowest BCUT2D eigenvalue weighted by molar-refractivity contribution is -0.0895. The molecule has 1 saturated heterocycles. The molecular formula is C29H32O5S2. The van der Waals surface area contributed by atoms with E-state index in [4.69, 9.17) is 35.9 Å². The van der Waals surface area contributed by atoms with Gasteiger partial charge in [-0.3, -0.25) is 0 Å². The lowest BCUT2D eigenvalue weighted by atomic mass is 10.1. The summed E-state index contributed by atoms with van der Waals surface area (Å²) in [6, 6.07) is 30.3. The molecule has 0 aliphatic carbocycles. The van der Waals surface area contributed by atoms with Crippen LogP contribution in [0.25, 0.3) is 0 Å². The average molecular weight is 525 g/mol. The summed E-state index contributed by atoms with van der Waals surface area (Å²) in [5.41, 5.74) is 2.90. The molecule has 1 fully saturated rings. The highest BCUT2D eigenvalue weighted by molar-refractivity contribution is 8.22. The molecule has 4 atom stereocenters. The molecular weight excluding hydrogens is 492 g/mol. The molecule has 36 heavy (non-hydrogen) atoms. The zero-order valence-corrected chi connectivity index (χ0v) is 22.0. The van der Waals surface area contributed by atoms with Gasteiger partial charge in [-0.05, 0) is 47.6 Å². The SMILES string of the molecule is CCOC(=S)S[C@@H]1O[C@H](COCc2ccccc2)[C@@H](OCc2ccccc2)[C@H]1OCc1ccccc1. The maximum atomic E-state index is 6.45. The lowest BCUT2D eigenvalue weighted by Gasteiger charge is -2.25. The predicted molar refractivity (Wildman–Crippen MR) is 147 cm³/mol. The molecule has 0 N–H and O–H groups in total. The Kier molecular flexibility index (Phi) is 10.8. The first kappa shape index (κ1) is 26.8. The van der Waals surface area contributed by atoms with Crippen LogP contribution in [0.1, 0.15) is 23.6 Å². The smallest absolute Gasteiger partial charge is 0.222 e. The van der Waals surface area contributed by atoms with Crippen LogP contribution in [-0.2, 0) is 43.5 Å². The van der Waals surface area contributed by atoms with Gasteiger partial charge in [0.1, 0.15) is 23.7 Å². The van der Waals surface area contributed by atoms with E-state index in [2.05, 4.69) is 0 Å². The fraction of sp³-hybridized carbons (Fsp3) is 0.345. The zero-order chi connectivity index (χ0) is 25.0. The predicted octanol–water partition coefficient (Wildman–Crippen LogP) is 6.15. The van der Waals surface area contributed by atoms with Crippen molar-refractivity contribution in [2.75, 3.05) is 13.2 Å². The first-order chi connectivity index (χ1) is 17.7. The Bertz CT molecular complexity index is 1040. The van der Waals surface area contributed by atoms with E-state index in [-0.39, 0.29) is 23.7 Å². The molecule has 0 unspecified atom stereocenters. The van der Waals surface area contributed by atoms with E-state index in [0.29, 0.717) is 37.4 Å². The standard InChI is InChI=1S/C29H32O5S2/c1-2-31-29(35)36-28-27(33-20-24-16-10-5-11-17-24)26(32-19-23-14-8-4-9-15-23)25(34-28)21-30-18-22-12-6-3-7-13-22/h3-17,25-28H,2,18-21H2,1H3/t25-,26-,27-,28+/m1/s1. The van der Waals surface area contributed by atoms with Gasteiger partial charge in [0.05, 0.1) is 33.0 Å². The maximum absolute atomic E-state index is 6.45. The third-order valence-electron chi connectivity index (χ3n) is 5.71. The van der Waals surface area contributed by atoms with Crippen LogP contribution in [0, 0.1) is 0 Å². The van der Waals surface area contributed by atoms with Crippen LogP contribution in [0.15, 0.2) is 91.0 Å². The number of hydrogen-bond acceptors (Lipinski definition) is 7. The van der Waals surface area contributed by atoms with Crippen molar-refractivity contribution in [3.8, 4) is 0 Å². The highest BCUT2D eigenvalue weighted by Gasteiger charge is 2.47. The fourth-order valence-corrected chi connectivity index (χ4v) is 5.29. The normalized spacial score (nSPS) is 21.4. The van der Waals surface area contributed by atoms with E-state index in [1.54, 1.807) is 0 Å². The molecule has 3 aromatic carbocycles. The Morgan fingerprint density at radius 3 is 1.78 bits per heavy atom. The summed E-state index contributed by atoms with van der Waals surface area (Å²) in [6.45, 7) is 4.18. The molecule has 4 rings (SSSR count). The molecule has 0 aromatic heterocycles. The summed E-state index contributed by atoms with van der Waals surface area (Å²) >= 11 is 6.78. The molecule has 1 aliphatic heterocycles. The Hall–Kier alpha value is -2.26. The van der Waals surface area contributed by atoms with Gasteiger partial charge >= 0.3 is 0 Å². The van der Waals surface area contributed by atoms with Crippen molar-refractivity contribution in [3.05, 3.63) is 108 Å². The average Bonchev–Trinajstić information content (AvgIpc) is 3.23. The summed E-state index contributed by atoms with van der Waals surface area (Å²) in [4.78, 5) is 0. The van der Waals surface area contributed by atoms with Gasteiger partial charge in [-0.25, -0.2) is 0 Å². The van der Waals surface area contributed by atoms with Crippen LogP contribution >= 0.6 is 24.0 Å². The Morgan fingerprint density at radius 2 is 1.25 bits per heavy atom. The van der Waals surface area contributed by atoms with Crippen molar-refractivity contribution in [3.63, 3.8) is 0 Å². The van der Waals surface area contributed by atoms with Crippen molar-refractivity contribution in [2.45, 2.75) is 50.5 Å². The summed E-state index contributed by atoms with van der Waals surface area (Å²) in [7, 11) is 0. The quantitative estimate of drug-likeness (QED) is 0.263.